The van der Waals surface area contributed by atoms with Crippen molar-refractivity contribution in [3.63, 3.8) is 0 Å². The third-order valence-electron chi connectivity index (χ3n) is 11.5. The van der Waals surface area contributed by atoms with E-state index >= 15 is 22.0 Å². The van der Waals surface area contributed by atoms with Gasteiger partial charge in [0.05, 0.1) is 49.8 Å². The fourth-order valence-corrected chi connectivity index (χ4v) is 9.25. The molecule has 0 amide bonds. The highest BCUT2D eigenvalue weighted by molar-refractivity contribution is 6.26. The molecule has 0 atom stereocenters. The van der Waals surface area contributed by atoms with Crippen LogP contribution in [0.4, 0.5) is 22.0 Å². The van der Waals surface area contributed by atoms with Crippen LogP contribution < -0.4 is 0 Å². The van der Waals surface area contributed by atoms with Crippen LogP contribution >= 0.6 is 0 Å². The van der Waals surface area contributed by atoms with E-state index in [1.54, 1.807) is 34.9 Å². The molecule has 12 aromatic rings. The maximum Gasteiger partial charge on any atom is 0.420 e. The summed E-state index contributed by atoms with van der Waals surface area (Å²) in [6, 6.07) is 42.6. The third kappa shape index (κ3) is 4.33. The van der Waals surface area contributed by atoms with Gasteiger partial charge in [0.1, 0.15) is 39.5 Å². The quantitative estimate of drug-likeness (QED) is 0.168. The fourth-order valence-electron chi connectivity index (χ4n) is 9.25. The minimum Gasteiger partial charge on any atom is -0.456 e. The van der Waals surface area contributed by atoms with Gasteiger partial charge in [0.25, 0.3) is 0 Å². The Kier molecular flexibility index (Phi) is 6.55. The molecule has 0 N–H and O–H groups in total. The van der Waals surface area contributed by atoms with Crippen molar-refractivity contribution in [2.24, 2.45) is 0 Å². The summed E-state index contributed by atoms with van der Waals surface area (Å²) < 4.78 is 98.2. The molecule has 278 valence electrons. The smallest absolute Gasteiger partial charge is 0.420 e. The Morgan fingerprint density at radius 3 is 1.45 bits per heavy atom. The van der Waals surface area contributed by atoms with E-state index in [1.165, 1.54) is 22.8 Å². The van der Waals surface area contributed by atoms with Crippen molar-refractivity contribution < 1.29 is 30.8 Å². The molecule has 0 saturated carbocycles. The lowest BCUT2D eigenvalue weighted by molar-refractivity contribution is -0.137. The Labute approximate surface area is 324 Å². The first-order chi connectivity index (χ1) is 28.3. The van der Waals surface area contributed by atoms with Crippen LogP contribution in [0, 0.1) is 11.6 Å². The van der Waals surface area contributed by atoms with E-state index in [4.69, 9.17) is 8.83 Å². The lowest BCUT2D eigenvalue weighted by atomic mass is 9.96. The van der Waals surface area contributed by atoms with Crippen LogP contribution in [0.2, 0.25) is 0 Å². The molecule has 0 radical (unpaired) electrons. The maximum absolute atomic E-state index is 16.8. The third-order valence-corrected chi connectivity index (χ3v) is 11.5. The number of aromatic nitrogens is 2. The Bertz CT molecular complexity index is 3690. The lowest BCUT2D eigenvalue weighted by Gasteiger charge is -2.25. The van der Waals surface area contributed by atoms with Crippen molar-refractivity contribution in [1.82, 2.24) is 9.13 Å². The second kappa shape index (κ2) is 11.6. The molecular weight excluding hydrogens is 744 g/mol. The topological polar surface area (TPSA) is 36.1 Å². The summed E-state index contributed by atoms with van der Waals surface area (Å²) in [6.07, 6.45) is -5.07. The molecule has 0 saturated heterocycles. The Morgan fingerprint density at radius 2 is 0.897 bits per heavy atom. The lowest BCUT2D eigenvalue weighted by Crippen LogP contribution is -2.17. The van der Waals surface area contributed by atoms with Crippen molar-refractivity contribution in [3.05, 3.63) is 169 Å². The predicted molar refractivity (Wildman–Crippen MR) is 220 cm³/mol. The van der Waals surface area contributed by atoms with E-state index in [9.17, 15) is 0 Å². The summed E-state index contributed by atoms with van der Waals surface area (Å²) in [5.41, 5.74) is 1.40. The van der Waals surface area contributed by atoms with E-state index in [0.29, 0.717) is 71.3 Å². The summed E-state index contributed by atoms with van der Waals surface area (Å²) in [4.78, 5) is 0. The highest BCUT2D eigenvalue weighted by atomic mass is 19.4. The molecule has 0 fully saturated rings. The molecular formula is C49H25F5N2O2. The van der Waals surface area contributed by atoms with Crippen molar-refractivity contribution in [2.75, 3.05) is 0 Å². The first-order valence-corrected chi connectivity index (χ1v) is 18.6. The summed E-state index contributed by atoms with van der Waals surface area (Å²) in [7, 11) is 0. The molecule has 0 aliphatic carbocycles. The Hall–Kier alpha value is -7.39. The Morgan fingerprint density at radius 1 is 0.414 bits per heavy atom. The van der Waals surface area contributed by atoms with Gasteiger partial charge in [-0.2, -0.15) is 13.2 Å². The number of alkyl halides is 3. The average Bonchev–Trinajstić information content (AvgIpc) is 3.97. The highest BCUT2D eigenvalue weighted by Gasteiger charge is 2.41. The second-order valence-corrected chi connectivity index (χ2v) is 14.5. The number of hydrogen-bond donors (Lipinski definition) is 0. The summed E-state index contributed by atoms with van der Waals surface area (Å²) >= 11 is 0. The molecule has 9 heteroatoms. The van der Waals surface area contributed by atoms with Crippen LogP contribution in [0.15, 0.2) is 160 Å². The summed E-state index contributed by atoms with van der Waals surface area (Å²) in [5, 5.41) is 5.40. The molecule has 4 nitrogen and oxygen atoms in total. The van der Waals surface area contributed by atoms with E-state index in [-0.39, 0.29) is 11.3 Å². The van der Waals surface area contributed by atoms with E-state index in [2.05, 4.69) is 0 Å². The van der Waals surface area contributed by atoms with Gasteiger partial charge in [-0.15, -0.1) is 0 Å². The number of rotatable bonds is 3. The molecule has 0 spiro atoms. The first kappa shape index (κ1) is 32.8. The monoisotopic (exact) mass is 768 g/mol. The van der Waals surface area contributed by atoms with Crippen molar-refractivity contribution in [2.45, 2.75) is 6.18 Å². The highest BCUT2D eigenvalue weighted by Crippen LogP contribution is 2.50. The van der Waals surface area contributed by atoms with E-state index in [0.717, 1.165) is 28.3 Å². The van der Waals surface area contributed by atoms with Crippen LogP contribution in [-0.2, 0) is 6.18 Å². The van der Waals surface area contributed by atoms with Crippen LogP contribution in [-0.4, -0.2) is 9.13 Å². The van der Waals surface area contributed by atoms with Crippen LogP contribution in [0.1, 0.15) is 5.56 Å². The van der Waals surface area contributed by atoms with Crippen LogP contribution in [0.3, 0.4) is 0 Å². The molecule has 0 bridgehead atoms. The predicted octanol–water partition coefficient (Wildman–Crippen LogP) is 14.6. The molecule has 58 heavy (non-hydrogen) atoms. The molecule has 0 unspecified atom stereocenters. The number of nitrogens with zero attached hydrogens (tertiary/aromatic N) is 2. The number of halogens is 5. The molecule has 0 aliphatic heterocycles. The first-order valence-electron chi connectivity index (χ1n) is 18.6. The van der Waals surface area contributed by atoms with Gasteiger partial charge in [-0.3, -0.25) is 0 Å². The molecule has 12 rings (SSSR count). The fraction of sp³-hybridized carbons (Fsp3) is 0.0204. The van der Waals surface area contributed by atoms with Gasteiger partial charge in [-0.05, 0) is 72.8 Å². The molecule has 0 aliphatic rings. The zero-order valence-corrected chi connectivity index (χ0v) is 30.0. The molecule has 8 aromatic carbocycles. The number of hydrogen-bond acceptors (Lipinski definition) is 2. The zero-order chi connectivity index (χ0) is 39.0. The van der Waals surface area contributed by atoms with E-state index in [1.807, 2.05) is 91.0 Å². The van der Waals surface area contributed by atoms with Gasteiger partial charge in [-0.1, -0.05) is 78.9 Å². The van der Waals surface area contributed by atoms with Crippen molar-refractivity contribution in [1.29, 1.82) is 0 Å². The van der Waals surface area contributed by atoms with Gasteiger partial charge in [0, 0.05) is 37.9 Å². The number of furan rings is 2. The maximum atomic E-state index is 16.8. The van der Waals surface area contributed by atoms with Crippen molar-refractivity contribution in [3.8, 4) is 22.5 Å². The summed E-state index contributed by atoms with van der Waals surface area (Å²) in [5.74, 6) is -1.99. The minimum absolute atomic E-state index is 0.220. The second-order valence-electron chi connectivity index (χ2n) is 14.5. The summed E-state index contributed by atoms with van der Waals surface area (Å²) in [6.45, 7) is 0. The largest absolute Gasteiger partial charge is 0.456 e. The molecule has 4 aromatic heterocycles. The van der Waals surface area contributed by atoms with Gasteiger partial charge < -0.3 is 18.0 Å². The average molecular weight is 769 g/mol. The number of fused-ring (bicyclic) bond motifs is 14. The molecule has 4 heterocycles. The van der Waals surface area contributed by atoms with Crippen LogP contribution in [0.5, 0.6) is 0 Å². The van der Waals surface area contributed by atoms with Gasteiger partial charge in [0.15, 0.2) is 0 Å². The van der Waals surface area contributed by atoms with Gasteiger partial charge >= 0.3 is 6.18 Å². The number of para-hydroxylation sites is 4. The van der Waals surface area contributed by atoms with E-state index < -0.39 is 34.6 Å². The normalized spacial score (nSPS) is 12.6. The SMILES string of the molecule is Fc1cccc(F)c1-c1ccc(-n2c3ccccc3c3ccc4oc5ccccc5c4c32)c(C(F)(F)F)c1-n1c2ccccc2c2ccc3oc4ccccc4c3c21. The Balaban J connectivity index is 1.36. The minimum atomic E-state index is -5.07. The standard InChI is InChI=1S/C49H25F5N2O2/c50-33-14-9-15-34(51)42(33)32-20-23-37(55-35-16-5-1-10-26(35)28-21-24-40-43(46(28)55)30-12-3-7-18-38(30)57-40)45(49(52,53)54)48(32)56-36-17-6-2-11-27(36)29-22-25-41-44(47(29)56)31-13-4-8-19-39(31)58-41/h1-25H. The zero-order valence-electron chi connectivity index (χ0n) is 30.0. The van der Waals surface area contributed by atoms with Crippen molar-refractivity contribution >= 4 is 87.5 Å². The van der Waals surface area contributed by atoms with Gasteiger partial charge in [0.2, 0.25) is 0 Å². The number of benzene rings is 8. The van der Waals surface area contributed by atoms with Crippen LogP contribution in [0.25, 0.3) is 110 Å². The van der Waals surface area contributed by atoms with Gasteiger partial charge in [-0.25, -0.2) is 8.78 Å².